The highest BCUT2D eigenvalue weighted by Gasteiger charge is 2.52. The third-order valence-electron chi connectivity index (χ3n) is 4.20. The molecule has 2 aliphatic heterocycles. The molecule has 1 spiro atoms. The molecule has 0 radical (unpaired) electrons. The van der Waals surface area contributed by atoms with Gasteiger partial charge in [-0.15, -0.1) is 11.8 Å². The fraction of sp³-hybridized carbons (Fsp3) is 0.875. The molecule has 2 fully saturated rings. The van der Waals surface area contributed by atoms with Gasteiger partial charge in [0.25, 0.3) is 0 Å². The maximum absolute atomic E-state index is 12.7. The van der Waals surface area contributed by atoms with Gasteiger partial charge in [-0.05, 0) is 6.42 Å². The molecule has 0 aromatic rings. The molecule has 120 valence electrons. The number of likely N-dealkylation sites (tertiary alicyclic amines) is 1. The van der Waals surface area contributed by atoms with Crippen molar-refractivity contribution in [2.24, 2.45) is 10.8 Å². The SMILES string of the molecule is CC(C)(C)C(=O)N1CCC2(C1)SCCN2C(=O)C(C)(C)C. The molecule has 21 heavy (non-hydrogen) atoms. The standard InChI is InChI=1S/C16H28N2O2S/c1-14(2,3)12(19)17-8-7-16(11-17)18(9-10-21-16)13(20)15(4,5)6/h7-11H2,1-6H3. The van der Waals surface area contributed by atoms with Crippen LogP contribution >= 0.6 is 11.8 Å². The molecule has 4 nitrogen and oxygen atoms in total. The lowest BCUT2D eigenvalue weighted by atomic mass is 9.93. The second-order valence-electron chi connectivity index (χ2n) is 8.23. The first-order chi connectivity index (χ1) is 9.47. The van der Waals surface area contributed by atoms with Crippen molar-refractivity contribution in [2.45, 2.75) is 52.8 Å². The smallest absolute Gasteiger partial charge is 0.229 e. The molecule has 5 heteroatoms. The van der Waals surface area contributed by atoms with Gasteiger partial charge in [0.15, 0.2) is 0 Å². The Morgan fingerprint density at radius 2 is 1.52 bits per heavy atom. The maximum atomic E-state index is 12.7. The predicted octanol–water partition coefficient (Wildman–Crippen LogP) is 2.58. The van der Waals surface area contributed by atoms with Gasteiger partial charge in [0.2, 0.25) is 11.8 Å². The highest BCUT2D eigenvalue weighted by molar-refractivity contribution is 8.00. The van der Waals surface area contributed by atoms with Crippen molar-refractivity contribution in [3.8, 4) is 0 Å². The second kappa shape index (κ2) is 5.18. The van der Waals surface area contributed by atoms with E-state index >= 15 is 0 Å². The van der Waals surface area contributed by atoms with E-state index in [-0.39, 0.29) is 27.5 Å². The maximum Gasteiger partial charge on any atom is 0.229 e. The number of hydrogen-bond acceptors (Lipinski definition) is 3. The first-order valence-corrected chi connectivity index (χ1v) is 8.71. The Bertz CT molecular complexity index is 450. The molecule has 0 aliphatic carbocycles. The van der Waals surface area contributed by atoms with E-state index in [9.17, 15) is 9.59 Å². The predicted molar refractivity (Wildman–Crippen MR) is 87.0 cm³/mol. The van der Waals surface area contributed by atoms with E-state index < -0.39 is 0 Å². The van der Waals surface area contributed by atoms with Gasteiger partial charge < -0.3 is 9.80 Å². The van der Waals surface area contributed by atoms with E-state index in [0.29, 0.717) is 6.54 Å². The molecule has 1 unspecified atom stereocenters. The summed E-state index contributed by atoms with van der Waals surface area (Å²) in [5.41, 5.74) is -0.715. The minimum absolute atomic E-state index is 0.189. The fourth-order valence-corrected chi connectivity index (χ4v) is 4.52. The Morgan fingerprint density at radius 3 is 2.05 bits per heavy atom. The molecule has 2 heterocycles. The zero-order chi connectivity index (χ0) is 16.1. The highest BCUT2D eigenvalue weighted by atomic mass is 32.2. The lowest BCUT2D eigenvalue weighted by Gasteiger charge is -2.38. The monoisotopic (exact) mass is 312 g/mol. The Hall–Kier alpha value is -0.710. The third-order valence-corrected chi connectivity index (χ3v) is 5.68. The van der Waals surface area contributed by atoms with Crippen LogP contribution < -0.4 is 0 Å². The van der Waals surface area contributed by atoms with Crippen molar-refractivity contribution < 1.29 is 9.59 Å². The zero-order valence-electron chi connectivity index (χ0n) is 14.2. The lowest BCUT2D eigenvalue weighted by Crippen LogP contribution is -2.52. The highest BCUT2D eigenvalue weighted by Crippen LogP contribution is 2.45. The van der Waals surface area contributed by atoms with Crippen molar-refractivity contribution in [2.75, 3.05) is 25.4 Å². The van der Waals surface area contributed by atoms with Gasteiger partial charge in [0.05, 0.1) is 6.54 Å². The Kier molecular flexibility index (Phi) is 4.11. The van der Waals surface area contributed by atoms with Crippen molar-refractivity contribution in [1.82, 2.24) is 9.80 Å². The molecule has 0 aromatic heterocycles. The van der Waals surface area contributed by atoms with Gasteiger partial charge in [-0.25, -0.2) is 0 Å². The van der Waals surface area contributed by atoms with Crippen molar-refractivity contribution >= 4 is 23.6 Å². The Morgan fingerprint density at radius 1 is 0.952 bits per heavy atom. The topological polar surface area (TPSA) is 40.6 Å². The van der Waals surface area contributed by atoms with E-state index in [2.05, 4.69) is 0 Å². The van der Waals surface area contributed by atoms with Crippen LogP contribution in [0.15, 0.2) is 0 Å². The molecule has 0 bridgehead atoms. The molecule has 2 amide bonds. The zero-order valence-corrected chi connectivity index (χ0v) is 15.0. The summed E-state index contributed by atoms with van der Waals surface area (Å²) in [4.78, 5) is 29.0. The number of hydrogen-bond donors (Lipinski definition) is 0. The number of rotatable bonds is 0. The normalized spacial score (nSPS) is 26.8. The molecule has 0 N–H and O–H groups in total. The van der Waals surface area contributed by atoms with E-state index in [1.165, 1.54) is 0 Å². The van der Waals surface area contributed by atoms with Gasteiger partial charge >= 0.3 is 0 Å². The van der Waals surface area contributed by atoms with Crippen LogP contribution in [0.3, 0.4) is 0 Å². The summed E-state index contributed by atoms with van der Waals surface area (Å²) in [6.45, 7) is 14.0. The molecular weight excluding hydrogens is 284 g/mol. The van der Waals surface area contributed by atoms with Gasteiger partial charge in [0.1, 0.15) is 4.87 Å². The van der Waals surface area contributed by atoms with Crippen LogP contribution in [0, 0.1) is 10.8 Å². The van der Waals surface area contributed by atoms with E-state index in [1.807, 2.05) is 63.1 Å². The van der Waals surface area contributed by atoms with Gasteiger partial charge in [-0.3, -0.25) is 9.59 Å². The molecule has 2 saturated heterocycles. The number of carbonyl (C=O) groups is 2. The van der Waals surface area contributed by atoms with Crippen LogP contribution in [0.4, 0.5) is 0 Å². The second-order valence-corrected chi connectivity index (χ2v) is 9.68. The summed E-state index contributed by atoms with van der Waals surface area (Å²) >= 11 is 1.85. The number of carbonyl (C=O) groups excluding carboxylic acids is 2. The molecule has 0 aromatic carbocycles. The van der Waals surface area contributed by atoms with Crippen LogP contribution in [0.5, 0.6) is 0 Å². The van der Waals surface area contributed by atoms with E-state index in [0.717, 1.165) is 25.3 Å². The number of thioether (sulfide) groups is 1. The molecule has 2 rings (SSSR count). The first kappa shape index (κ1) is 16.7. The van der Waals surface area contributed by atoms with E-state index in [4.69, 9.17) is 0 Å². The number of amides is 2. The lowest BCUT2D eigenvalue weighted by molar-refractivity contribution is -0.143. The summed E-state index contributed by atoms with van der Waals surface area (Å²) in [6.07, 6.45) is 0.890. The van der Waals surface area contributed by atoms with Crippen LogP contribution in [-0.4, -0.2) is 51.9 Å². The third kappa shape index (κ3) is 3.08. The van der Waals surface area contributed by atoms with Crippen molar-refractivity contribution in [3.63, 3.8) is 0 Å². The van der Waals surface area contributed by atoms with Crippen LogP contribution in [0.2, 0.25) is 0 Å². The minimum atomic E-state index is -0.362. The molecule has 1 atom stereocenters. The van der Waals surface area contributed by atoms with Crippen LogP contribution in [-0.2, 0) is 9.59 Å². The van der Waals surface area contributed by atoms with E-state index in [1.54, 1.807) is 0 Å². The minimum Gasteiger partial charge on any atom is -0.339 e. The molecular formula is C16H28N2O2S. The van der Waals surface area contributed by atoms with Crippen molar-refractivity contribution in [3.05, 3.63) is 0 Å². The summed E-state index contributed by atoms with van der Waals surface area (Å²) in [5, 5.41) is 0. The largest absolute Gasteiger partial charge is 0.339 e. The quantitative estimate of drug-likeness (QED) is 0.690. The van der Waals surface area contributed by atoms with Gasteiger partial charge in [0, 0.05) is 29.7 Å². The average molecular weight is 312 g/mol. The molecule has 2 aliphatic rings. The average Bonchev–Trinajstić information content (AvgIpc) is 2.93. The van der Waals surface area contributed by atoms with Crippen molar-refractivity contribution in [1.29, 1.82) is 0 Å². The summed E-state index contributed by atoms with van der Waals surface area (Å²) in [5.74, 6) is 1.37. The Labute approximate surface area is 132 Å². The summed E-state index contributed by atoms with van der Waals surface area (Å²) in [6, 6.07) is 0. The van der Waals surface area contributed by atoms with Gasteiger partial charge in [-0.2, -0.15) is 0 Å². The van der Waals surface area contributed by atoms with Crippen LogP contribution in [0.1, 0.15) is 48.0 Å². The van der Waals surface area contributed by atoms with Crippen LogP contribution in [0.25, 0.3) is 0 Å². The Balaban J connectivity index is 2.17. The summed E-state index contributed by atoms with van der Waals surface area (Å²) in [7, 11) is 0. The first-order valence-electron chi connectivity index (χ1n) is 7.73. The summed E-state index contributed by atoms with van der Waals surface area (Å²) < 4.78 is 0. The van der Waals surface area contributed by atoms with Gasteiger partial charge in [-0.1, -0.05) is 41.5 Å². The fourth-order valence-electron chi connectivity index (χ4n) is 3.05. The number of nitrogens with zero attached hydrogens (tertiary/aromatic N) is 2. The molecule has 0 saturated carbocycles.